The van der Waals surface area contributed by atoms with Gasteiger partial charge in [0, 0.05) is 22.7 Å². The predicted molar refractivity (Wildman–Crippen MR) is 82.2 cm³/mol. The van der Waals surface area contributed by atoms with E-state index in [1.54, 1.807) is 30.3 Å². The standard InChI is InChI=1S/C16H10Cl2O3/c1-2-14(19)21-13-9-11(17)8-12(18)15(13)16(20)10-6-4-3-5-7-10/h2-9H,1H2. The summed E-state index contributed by atoms with van der Waals surface area (Å²) in [4.78, 5) is 23.9. The molecular formula is C16H10Cl2O3. The zero-order valence-corrected chi connectivity index (χ0v) is 12.3. The molecule has 0 aliphatic rings. The van der Waals surface area contributed by atoms with Crippen molar-refractivity contribution in [2.45, 2.75) is 0 Å². The third-order valence-electron chi connectivity index (χ3n) is 2.66. The third-order valence-corrected chi connectivity index (χ3v) is 3.18. The van der Waals surface area contributed by atoms with Crippen LogP contribution in [0, 0.1) is 0 Å². The monoisotopic (exact) mass is 320 g/mol. The molecule has 0 aliphatic heterocycles. The first-order valence-electron chi connectivity index (χ1n) is 5.96. The lowest BCUT2D eigenvalue weighted by Gasteiger charge is -2.11. The molecule has 3 nitrogen and oxygen atoms in total. The minimum Gasteiger partial charge on any atom is -0.422 e. The fourth-order valence-electron chi connectivity index (χ4n) is 1.73. The van der Waals surface area contributed by atoms with Crippen LogP contribution in [0.3, 0.4) is 0 Å². The lowest BCUT2D eigenvalue weighted by Crippen LogP contribution is -2.10. The number of ether oxygens (including phenoxy) is 1. The van der Waals surface area contributed by atoms with E-state index in [4.69, 9.17) is 27.9 Å². The highest BCUT2D eigenvalue weighted by molar-refractivity contribution is 6.38. The van der Waals surface area contributed by atoms with Crippen LogP contribution in [0.1, 0.15) is 15.9 Å². The summed E-state index contributed by atoms with van der Waals surface area (Å²) in [6.07, 6.45) is 0.992. The normalized spacial score (nSPS) is 10.0. The van der Waals surface area contributed by atoms with Crippen LogP contribution in [0.2, 0.25) is 10.0 Å². The van der Waals surface area contributed by atoms with Crippen LogP contribution in [0.5, 0.6) is 5.75 Å². The summed E-state index contributed by atoms with van der Waals surface area (Å²) in [5.74, 6) is -1.05. The number of halogens is 2. The number of carbonyl (C=O) groups excluding carboxylic acids is 2. The lowest BCUT2D eigenvalue weighted by atomic mass is 10.0. The quantitative estimate of drug-likeness (QED) is 0.365. The van der Waals surface area contributed by atoms with Gasteiger partial charge in [0.25, 0.3) is 0 Å². The van der Waals surface area contributed by atoms with E-state index >= 15 is 0 Å². The molecule has 106 valence electrons. The maximum atomic E-state index is 12.5. The molecule has 0 aromatic heterocycles. The summed E-state index contributed by atoms with van der Waals surface area (Å²) in [5.41, 5.74) is 0.514. The molecule has 0 unspecified atom stereocenters. The van der Waals surface area contributed by atoms with E-state index in [-0.39, 0.29) is 27.1 Å². The maximum Gasteiger partial charge on any atom is 0.335 e. The SMILES string of the molecule is C=CC(=O)Oc1cc(Cl)cc(Cl)c1C(=O)c1ccccc1. The molecule has 0 radical (unpaired) electrons. The molecule has 21 heavy (non-hydrogen) atoms. The molecule has 5 heteroatoms. The third kappa shape index (κ3) is 3.51. The second-order valence-corrected chi connectivity index (χ2v) is 4.92. The van der Waals surface area contributed by atoms with E-state index in [2.05, 4.69) is 6.58 Å². The molecule has 0 bridgehead atoms. The van der Waals surface area contributed by atoms with Gasteiger partial charge in [-0.3, -0.25) is 4.79 Å². The van der Waals surface area contributed by atoms with Crippen molar-refractivity contribution in [2.75, 3.05) is 0 Å². The van der Waals surface area contributed by atoms with Crippen molar-refractivity contribution in [2.24, 2.45) is 0 Å². The first kappa shape index (κ1) is 15.3. The Labute approximate surface area is 131 Å². The van der Waals surface area contributed by atoms with Gasteiger partial charge in [0.2, 0.25) is 0 Å². The van der Waals surface area contributed by atoms with Crippen molar-refractivity contribution in [3.63, 3.8) is 0 Å². The molecular weight excluding hydrogens is 311 g/mol. The molecule has 0 saturated heterocycles. The number of hydrogen-bond acceptors (Lipinski definition) is 3. The number of esters is 1. The summed E-state index contributed by atoms with van der Waals surface area (Å²) in [5, 5.41) is 0.375. The van der Waals surface area contributed by atoms with Gasteiger partial charge in [0.1, 0.15) is 5.75 Å². The van der Waals surface area contributed by atoms with E-state index in [0.29, 0.717) is 5.56 Å². The zero-order chi connectivity index (χ0) is 15.4. The summed E-state index contributed by atoms with van der Waals surface area (Å²) < 4.78 is 5.05. The topological polar surface area (TPSA) is 43.4 Å². The molecule has 0 aliphatic carbocycles. The average molecular weight is 321 g/mol. The van der Waals surface area contributed by atoms with Gasteiger partial charge in [-0.15, -0.1) is 0 Å². The largest absolute Gasteiger partial charge is 0.422 e. The first-order valence-corrected chi connectivity index (χ1v) is 6.71. The maximum absolute atomic E-state index is 12.5. The van der Waals surface area contributed by atoms with Gasteiger partial charge in [-0.1, -0.05) is 60.1 Å². The summed E-state index contributed by atoms with van der Waals surface area (Å²) >= 11 is 12.0. The zero-order valence-electron chi connectivity index (χ0n) is 10.8. The Morgan fingerprint density at radius 3 is 2.38 bits per heavy atom. The molecule has 2 rings (SSSR count). The fraction of sp³-hybridized carbons (Fsp3) is 0. The average Bonchev–Trinajstić information content (AvgIpc) is 2.47. The Kier molecular flexibility index (Phi) is 4.78. The highest BCUT2D eigenvalue weighted by atomic mass is 35.5. The number of ketones is 1. The highest BCUT2D eigenvalue weighted by Gasteiger charge is 2.20. The second-order valence-electron chi connectivity index (χ2n) is 4.08. The van der Waals surface area contributed by atoms with Gasteiger partial charge >= 0.3 is 5.97 Å². The second kappa shape index (κ2) is 6.57. The van der Waals surface area contributed by atoms with Gasteiger partial charge < -0.3 is 4.74 Å². The van der Waals surface area contributed by atoms with Crippen molar-refractivity contribution in [3.05, 3.63) is 76.3 Å². The molecule has 0 amide bonds. The van der Waals surface area contributed by atoms with Crippen molar-refractivity contribution in [3.8, 4) is 5.75 Å². The predicted octanol–water partition coefficient (Wildman–Crippen LogP) is 4.32. The summed E-state index contributed by atoms with van der Waals surface area (Å²) in [6, 6.07) is 11.3. The van der Waals surface area contributed by atoms with Crippen LogP contribution in [-0.2, 0) is 4.79 Å². The molecule has 0 fully saturated rings. The van der Waals surface area contributed by atoms with Gasteiger partial charge in [-0.2, -0.15) is 0 Å². The van der Waals surface area contributed by atoms with Crippen LogP contribution >= 0.6 is 23.2 Å². The van der Waals surface area contributed by atoms with Gasteiger partial charge in [0.15, 0.2) is 5.78 Å². The molecule has 2 aromatic carbocycles. The van der Waals surface area contributed by atoms with Gasteiger partial charge in [-0.25, -0.2) is 4.79 Å². The molecule has 0 heterocycles. The number of rotatable bonds is 4. The fourth-order valence-corrected chi connectivity index (χ4v) is 2.30. The van der Waals surface area contributed by atoms with Crippen molar-refractivity contribution < 1.29 is 14.3 Å². The summed E-state index contributed by atoms with van der Waals surface area (Å²) in [7, 11) is 0. The van der Waals surface area contributed by atoms with Crippen LogP contribution in [0.15, 0.2) is 55.1 Å². The minimum atomic E-state index is -0.699. The number of hydrogen-bond donors (Lipinski definition) is 0. The number of carbonyl (C=O) groups is 2. The Morgan fingerprint density at radius 2 is 1.76 bits per heavy atom. The van der Waals surface area contributed by atoms with Crippen LogP contribution in [-0.4, -0.2) is 11.8 Å². The number of benzene rings is 2. The molecule has 0 atom stereocenters. The lowest BCUT2D eigenvalue weighted by molar-refractivity contribution is -0.128. The molecule has 0 spiro atoms. The van der Waals surface area contributed by atoms with E-state index in [1.807, 2.05) is 0 Å². The van der Waals surface area contributed by atoms with E-state index in [0.717, 1.165) is 6.08 Å². The van der Waals surface area contributed by atoms with Crippen molar-refractivity contribution in [1.29, 1.82) is 0 Å². The van der Waals surface area contributed by atoms with Crippen LogP contribution in [0.4, 0.5) is 0 Å². The van der Waals surface area contributed by atoms with Gasteiger partial charge in [0.05, 0.1) is 10.6 Å². The van der Waals surface area contributed by atoms with Crippen molar-refractivity contribution in [1.82, 2.24) is 0 Å². The van der Waals surface area contributed by atoms with Crippen LogP contribution < -0.4 is 4.74 Å². The molecule has 2 aromatic rings. The van der Waals surface area contributed by atoms with E-state index < -0.39 is 5.97 Å². The Balaban J connectivity index is 2.54. The smallest absolute Gasteiger partial charge is 0.335 e. The Bertz CT molecular complexity index is 709. The Morgan fingerprint density at radius 1 is 1.10 bits per heavy atom. The highest BCUT2D eigenvalue weighted by Crippen LogP contribution is 2.33. The molecule has 0 N–H and O–H groups in total. The summed E-state index contributed by atoms with van der Waals surface area (Å²) in [6.45, 7) is 3.31. The molecule has 0 saturated carbocycles. The Hall–Kier alpha value is -2.10. The first-order chi connectivity index (χ1) is 10.0. The van der Waals surface area contributed by atoms with Crippen LogP contribution in [0.25, 0.3) is 0 Å². The van der Waals surface area contributed by atoms with Crippen molar-refractivity contribution >= 4 is 35.0 Å². The minimum absolute atomic E-state index is 0.00579. The van der Waals surface area contributed by atoms with E-state index in [1.165, 1.54) is 12.1 Å². The van der Waals surface area contributed by atoms with E-state index in [9.17, 15) is 9.59 Å². The van der Waals surface area contributed by atoms with Gasteiger partial charge in [-0.05, 0) is 6.07 Å².